The Morgan fingerprint density at radius 1 is 1.15 bits per heavy atom. The first kappa shape index (κ1) is 15.5. The third-order valence-corrected chi connectivity index (χ3v) is 5.07. The van der Waals surface area contributed by atoms with E-state index >= 15 is 0 Å². The van der Waals surface area contributed by atoms with Gasteiger partial charge in [-0.3, -0.25) is 4.79 Å². The molecule has 0 saturated carbocycles. The van der Waals surface area contributed by atoms with Crippen LogP contribution in [-0.4, -0.2) is 12.9 Å². The van der Waals surface area contributed by atoms with Crippen LogP contribution in [0.2, 0.25) is 5.02 Å². The van der Waals surface area contributed by atoms with Crippen molar-refractivity contribution in [3.05, 3.63) is 61.0 Å². The van der Waals surface area contributed by atoms with Crippen molar-refractivity contribution < 1.29 is 9.53 Å². The van der Waals surface area contributed by atoms with E-state index in [1.165, 1.54) is 0 Å². The molecule has 2 aromatic carbocycles. The highest BCUT2D eigenvalue weighted by Gasteiger charge is 2.19. The van der Waals surface area contributed by atoms with Crippen molar-refractivity contribution in [3.63, 3.8) is 0 Å². The minimum absolute atomic E-state index is 0.172. The monoisotopic (exact) mass is 416 g/mol. The number of halogens is 3. The van der Waals surface area contributed by atoms with Crippen LogP contribution in [0, 0.1) is 6.92 Å². The number of ketones is 1. The zero-order valence-corrected chi connectivity index (χ0v) is 14.8. The maximum absolute atomic E-state index is 12.7. The van der Waals surface area contributed by atoms with Gasteiger partial charge >= 0.3 is 0 Å². The van der Waals surface area contributed by atoms with Crippen LogP contribution in [-0.2, 0) is 0 Å². The number of methoxy groups -OCH3 is 1. The Hall–Kier alpha value is -0.840. The Morgan fingerprint density at radius 3 is 2.50 bits per heavy atom. The minimum atomic E-state index is -0.172. The van der Waals surface area contributed by atoms with Crippen molar-refractivity contribution in [2.75, 3.05) is 7.11 Å². The SMILES string of the molecule is COc1cc(C)c(Br)cc1C(=O)c1cccc(Br)c1Cl. The van der Waals surface area contributed by atoms with Gasteiger partial charge in [0, 0.05) is 14.5 Å². The first-order chi connectivity index (χ1) is 9.45. The lowest BCUT2D eigenvalue weighted by molar-refractivity contribution is 0.103. The van der Waals surface area contributed by atoms with E-state index in [0.29, 0.717) is 26.4 Å². The van der Waals surface area contributed by atoms with Crippen molar-refractivity contribution in [2.24, 2.45) is 0 Å². The summed E-state index contributed by atoms with van der Waals surface area (Å²) in [6.07, 6.45) is 0. The molecule has 0 aliphatic heterocycles. The third-order valence-electron chi connectivity index (χ3n) is 2.92. The summed E-state index contributed by atoms with van der Waals surface area (Å²) in [4.78, 5) is 12.7. The predicted molar refractivity (Wildman–Crippen MR) is 88.0 cm³/mol. The van der Waals surface area contributed by atoms with Crippen molar-refractivity contribution in [1.29, 1.82) is 0 Å². The van der Waals surface area contributed by atoms with Crippen LogP contribution in [0.4, 0.5) is 0 Å². The molecule has 0 bridgehead atoms. The molecule has 2 aromatic rings. The van der Waals surface area contributed by atoms with Gasteiger partial charge in [-0.1, -0.05) is 33.6 Å². The fourth-order valence-electron chi connectivity index (χ4n) is 1.83. The second-order valence-electron chi connectivity index (χ2n) is 4.23. The lowest BCUT2D eigenvalue weighted by Gasteiger charge is -2.11. The quantitative estimate of drug-likeness (QED) is 0.623. The Morgan fingerprint density at radius 2 is 1.85 bits per heavy atom. The number of hydrogen-bond donors (Lipinski definition) is 0. The van der Waals surface area contributed by atoms with Gasteiger partial charge in [-0.05, 0) is 52.7 Å². The second-order valence-corrected chi connectivity index (χ2v) is 6.32. The number of ether oxygens (including phenoxy) is 1. The summed E-state index contributed by atoms with van der Waals surface area (Å²) in [5.41, 5.74) is 1.92. The van der Waals surface area contributed by atoms with Crippen LogP contribution in [0.1, 0.15) is 21.5 Å². The summed E-state index contributed by atoms with van der Waals surface area (Å²) in [7, 11) is 1.54. The van der Waals surface area contributed by atoms with Crippen molar-refractivity contribution >= 4 is 49.2 Å². The number of benzene rings is 2. The summed E-state index contributed by atoms with van der Waals surface area (Å²) >= 11 is 12.9. The fraction of sp³-hybridized carbons (Fsp3) is 0.133. The van der Waals surface area contributed by atoms with Gasteiger partial charge < -0.3 is 4.74 Å². The first-order valence-corrected chi connectivity index (χ1v) is 7.75. The van der Waals surface area contributed by atoms with Gasteiger partial charge in [0.2, 0.25) is 0 Å². The van der Waals surface area contributed by atoms with E-state index in [1.54, 1.807) is 31.4 Å². The highest BCUT2D eigenvalue weighted by Crippen LogP contribution is 2.32. The average molecular weight is 419 g/mol. The molecule has 0 atom stereocenters. The lowest BCUT2D eigenvalue weighted by Crippen LogP contribution is -2.05. The number of aryl methyl sites for hydroxylation is 1. The minimum Gasteiger partial charge on any atom is -0.496 e. The van der Waals surface area contributed by atoms with E-state index in [1.807, 2.05) is 13.0 Å². The molecule has 0 aliphatic carbocycles. The van der Waals surface area contributed by atoms with Gasteiger partial charge in [-0.15, -0.1) is 0 Å². The number of hydrogen-bond acceptors (Lipinski definition) is 2. The zero-order valence-electron chi connectivity index (χ0n) is 10.8. The van der Waals surface area contributed by atoms with Gasteiger partial charge in [-0.2, -0.15) is 0 Å². The molecular formula is C15H11Br2ClO2. The fourth-order valence-corrected chi connectivity index (χ4v) is 2.75. The van der Waals surface area contributed by atoms with Crippen LogP contribution >= 0.6 is 43.5 Å². The van der Waals surface area contributed by atoms with Crippen LogP contribution in [0.25, 0.3) is 0 Å². The summed E-state index contributed by atoms with van der Waals surface area (Å²) < 4.78 is 6.84. The van der Waals surface area contributed by atoms with Gasteiger partial charge in [0.05, 0.1) is 17.7 Å². The van der Waals surface area contributed by atoms with E-state index in [4.69, 9.17) is 16.3 Å². The van der Waals surface area contributed by atoms with Crippen molar-refractivity contribution in [2.45, 2.75) is 6.92 Å². The highest BCUT2D eigenvalue weighted by atomic mass is 79.9. The highest BCUT2D eigenvalue weighted by molar-refractivity contribution is 9.10. The zero-order chi connectivity index (χ0) is 14.9. The molecule has 0 heterocycles. The smallest absolute Gasteiger partial charge is 0.198 e. The third kappa shape index (κ3) is 2.92. The van der Waals surface area contributed by atoms with Crippen LogP contribution in [0.3, 0.4) is 0 Å². The Kier molecular flexibility index (Phi) is 4.89. The molecule has 0 unspecified atom stereocenters. The molecule has 0 spiro atoms. The molecule has 2 nitrogen and oxygen atoms in total. The van der Waals surface area contributed by atoms with Crippen LogP contribution in [0.15, 0.2) is 39.3 Å². The lowest BCUT2D eigenvalue weighted by atomic mass is 10.0. The molecule has 0 aromatic heterocycles. The molecule has 0 aliphatic rings. The summed E-state index contributed by atoms with van der Waals surface area (Å²) in [5, 5.41) is 0.399. The van der Waals surface area contributed by atoms with Gasteiger partial charge in [-0.25, -0.2) is 0 Å². The van der Waals surface area contributed by atoms with Crippen LogP contribution in [0.5, 0.6) is 5.75 Å². The van der Waals surface area contributed by atoms with E-state index < -0.39 is 0 Å². The molecule has 104 valence electrons. The first-order valence-electron chi connectivity index (χ1n) is 5.78. The molecule has 0 saturated heterocycles. The molecular weight excluding hydrogens is 407 g/mol. The summed E-state index contributed by atoms with van der Waals surface area (Å²) in [5.74, 6) is 0.362. The molecule has 20 heavy (non-hydrogen) atoms. The molecule has 0 N–H and O–H groups in total. The molecule has 5 heteroatoms. The van der Waals surface area contributed by atoms with E-state index in [-0.39, 0.29) is 5.78 Å². The number of rotatable bonds is 3. The standard InChI is InChI=1S/C15H11Br2ClO2/c1-8-6-13(20-2)10(7-12(8)17)15(19)9-4-3-5-11(16)14(9)18/h3-7H,1-2H3. The topological polar surface area (TPSA) is 26.3 Å². The second kappa shape index (κ2) is 6.29. The summed E-state index contributed by atoms with van der Waals surface area (Å²) in [6.45, 7) is 1.94. The maximum Gasteiger partial charge on any atom is 0.198 e. The largest absolute Gasteiger partial charge is 0.496 e. The van der Waals surface area contributed by atoms with E-state index in [9.17, 15) is 4.79 Å². The summed E-state index contributed by atoms with van der Waals surface area (Å²) in [6, 6.07) is 8.85. The average Bonchev–Trinajstić information content (AvgIpc) is 2.43. The van der Waals surface area contributed by atoms with Gasteiger partial charge in [0.25, 0.3) is 0 Å². The Balaban J connectivity index is 2.59. The van der Waals surface area contributed by atoms with Crippen molar-refractivity contribution in [1.82, 2.24) is 0 Å². The molecule has 2 rings (SSSR count). The predicted octanol–water partition coefficient (Wildman–Crippen LogP) is 5.41. The Labute approximate surface area is 139 Å². The van der Waals surface area contributed by atoms with E-state index in [0.717, 1.165) is 10.0 Å². The number of carbonyl (C=O) groups excluding carboxylic acids is 1. The molecule has 0 fully saturated rings. The molecule has 0 amide bonds. The van der Waals surface area contributed by atoms with E-state index in [2.05, 4.69) is 31.9 Å². The van der Waals surface area contributed by atoms with Gasteiger partial charge in [0.1, 0.15) is 5.75 Å². The van der Waals surface area contributed by atoms with Crippen LogP contribution < -0.4 is 4.74 Å². The normalized spacial score (nSPS) is 10.4. The maximum atomic E-state index is 12.7. The molecule has 0 radical (unpaired) electrons. The Bertz CT molecular complexity index is 684. The number of carbonyl (C=O) groups is 1. The van der Waals surface area contributed by atoms with Gasteiger partial charge in [0.15, 0.2) is 5.78 Å². The van der Waals surface area contributed by atoms with Crippen molar-refractivity contribution in [3.8, 4) is 5.75 Å².